The maximum Gasteiger partial charge on any atom is 3.00 e. The first-order chi connectivity index (χ1) is 1.73. The molecule has 0 radical (unpaired) electrons. The molecule has 0 amide bonds. The SMILES string of the molecule is O=S([O-])[O-].[Al+3].[Zn+2]. The quantitative estimate of drug-likeness (QED) is 0.334. The third-order valence-corrected chi connectivity index (χ3v) is 0. The molecule has 0 fully saturated rings. The Balaban J connectivity index is -0.0000000450. The molecule has 0 aromatic carbocycles. The number of rotatable bonds is 0. The zero-order chi connectivity index (χ0) is 3.58. The summed E-state index contributed by atoms with van der Waals surface area (Å²) in [5.74, 6) is 0. The third-order valence-electron chi connectivity index (χ3n) is 0. The van der Waals surface area contributed by atoms with Crippen LogP contribution in [0.1, 0.15) is 0 Å². The maximum atomic E-state index is 8.44. The summed E-state index contributed by atoms with van der Waals surface area (Å²) in [6.45, 7) is 0. The Hall–Kier alpha value is 1.23. The monoisotopic (exact) mass is 171 g/mol. The van der Waals surface area contributed by atoms with E-state index in [0.717, 1.165) is 0 Å². The van der Waals surface area contributed by atoms with Crippen molar-refractivity contribution < 1.29 is 32.8 Å². The molecule has 0 rings (SSSR count). The summed E-state index contributed by atoms with van der Waals surface area (Å²) in [5, 5.41) is 0. The Morgan fingerprint density at radius 1 is 1.33 bits per heavy atom. The van der Waals surface area contributed by atoms with Crippen molar-refractivity contribution in [2.45, 2.75) is 0 Å². The zero-order valence-corrected chi connectivity index (χ0v) is 7.86. The second kappa shape index (κ2) is 9.52. The van der Waals surface area contributed by atoms with Crippen LogP contribution in [0.3, 0.4) is 0 Å². The van der Waals surface area contributed by atoms with Crippen molar-refractivity contribution in [2.24, 2.45) is 0 Å². The standard InChI is InChI=1S/Al.H2O3S.Zn/c;1-4(2)3;/h;(H2,1,2,3);/q+3;;+2/p-2. The van der Waals surface area contributed by atoms with Gasteiger partial charge in [0.05, 0.1) is 0 Å². The molecule has 0 aliphatic heterocycles. The predicted octanol–water partition coefficient (Wildman–Crippen LogP) is -1.39. The van der Waals surface area contributed by atoms with Gasteiger partial charge >= 0.3 is 36.8 Å². The van der Waals surface area contributed by atoms with Crippen molar-refractivity contribution >= 4 is 28.7 Å². The van der Waals surface area contributed by atoms with Gasteiger partial charge in [-0.2, -0.15) is 0 Å². The molecule has 0 saturated carbocycles. The molecule has 0 aromatic heterocycles. The van der Waals surface area contributed by atoms with E-state index in [-0.39, 0.29) is 36.8 Å². The smallest absolute Gasteiger partial charge is 0.784 e. The van der Waals surface area contributed by atoms with Crippen LogP contribution in [-0.2, 0) is 30.8 Å². The molecule has 0 spiro atoms. The summed E-state index contributed by atoms with van der Waals surface area (Å²) in [6, 6.07) is 0. The molecule has 0 N–H and O–H groups in total. The Kier molecular flexibility index (Phi) is 24.9. The van der Waals surface area contributed by atoms with Crippen molar-refractivity contribution in [2.75, 3.05) is 0 Å². The van der Waals surface area contributed by atoms with E-state index in [4.69, 9.17) is 13.3 Å². The fourth-order valence-electron chi connectivity index (χ4n) is 0. The Labute approximate surface area is 61.5 Å². The molecular formula is AlO3SZn+3. The fourth-order valence-corrected chi connectivity index (χ4v) is 0. The Bertz CT molecular complexity index is 33.8. The Morgan fingerprint density at radius 2 is 1.33 bits per heavy atom. The molecule has 0 aromatic rings. The third kappa shape index (κ3) is 62.1. The van der Waals surface area contributed by atoms with Gasteiger partial charge in [0.25, 0.3) is 0 Å². The molecule has 0 saturated heterocycles. The zero-order valence-electron chi connectivity index (χ0n) is 2.92. The van der Waals surface area contributed by atoms with Gasteiger partial charge in [0.2, 0.25) is 0 Å². The van der Waals surface area contributed by atoms with Gasteiger partial charge in [-0.25, -0.2) is 0 Å². The average molecular weight is 172 g/mol. The molecule has 26 valence electrons. The van der Waals surface area contributed by atoms with Crippen LogP contribution in [0.4, 0.5) is 0 Å². The van der Waals surface area contributed by atoms with Crippen LogP contribution in [0.2, 0.25) is 0 Å². The first-order valence-electron chi connectivity index (χ1n) is 0.500. The van der Waals surface area contributed by atoms with Crippen LogP contribution in [0.5, 0.6) is 0 Å². The van der Waals surface area contributed by atoms with E-state index >= 15 is 0 Å². The van der Waals surface area contributed by atoms with Crippen LogP contribution in [0.25, 0.3) is 0 Å². The maximum absolute atomic E-state index is 8.44. The van der Waals surface area contributed by atoms with Crippen molar-refractivity contribution in [3.63, 3.8) is 0 Å². The first kappa shape index (κ1) is 15.7. The van der Waals surface area contributed by atoms with E-state index < -0.39 is 11.4 Å². The summed E-state index contributed by atoms with van der Waals surface area (Å²) in [7, 11) is 0. The minimum absolute atomic E-state index is 0. The molecule has 0 unspecified atom stereocenters. The van der Waals surface area contributed by atoms with Gasteiger partial charge < -0.3 is 9.11 Å². The minimum Gasteiger partial charge on any atom is -0.784 e. The minimum atomic E-state index is -3.11. The van der Waals surface area contributed by atoms with E-state index in [1.54, 1.807) is 0 Å². The number of hydrogen-bond donors (Lipinski definition) is 0. The average Bonchev–Trinajstić information content (AvgIpc) is 0.811. The molecule has 0 bridgehead atoms. The summed E-state index contributed by atoms with van der Waals surface area (Å²) >= 11 is -3.11. The first-order valence-corrected chi connectivity index (χ1v) is 1.50. The van der Waals surface area contributed by atoms with Crippen molar-refractivity contribution in [1.82, 2.24) is 0 Å². The van der Waals surface area contributed by atoms with E-state index in [1.165, 1.54) is 0 Å². The molecule has 6 heavy (non-hydrogen) atoms. The van der Waals surface area contributed by atoms with Gasteiger partial charge in [-0.15, -0.1) is 11.4 Å². The second-order valence-corrected chi connectivity index (χ2v) is 0.612. The van der Waals surface area contributed by atoms with Crippen LogP contribution in [0.15, 0.2) is 0 Å². The van der Waals surface area contributed by atoms with Gasteiger partial charge in [0.15, 0.2) is 0 Å². The predicted molar refractivity (Wildman–Crippen MR) is 15.5 cm³/mol. The molecular weight excluding hydrogens is 172 g/mol. The van der Waals surface area contributed by atoms with Gasteiger partial charge in [-0.05, 0) is 0 Å². The fraction of sp³-hybridized carbons (Fsp3) is 0. The van der Waals surface area contributed by atoms with E-state index in [0.29, 0.717) is 0 Å². The van der Waals surface area contributed by atoms with Crippen LogP contribution in [-0.4, -0.2) is 30.7 Å². The molecule has 0 aliphatic rings. The van der Waals surface area contributed by atoms with Crippen molar-refractivity contribution in [1.29, 1.82) is 0 Å². The second-order valence-electron chi connectivity index (χ2n) is 0.204. The van der Waals surface area contributed by atoms with E-state index in [9.17, 15) is 0 Å². The van der Waals surface area contributed by atoms with Crippen molar-refractivity contribution in [3.05, 3.63) is 0 Å². The summed E-state index contributed by atoms with van der Waals surface area (Å²) in [6.07, 6.45) is 0. The summed E-state index contributed by atoms with van der Waals surface area (Å²) in [4.78, 5) is 0. The molecule has 6 heteroatoms. The van der Waals surface area contributed by atoms with Crippen LogP contribution >= 0.6 is 0 Å². The van der Waals surface area contributed by atoms with E-state index in [2.05, 4.69) is 0 Å². The molecule has 3 nitrogen and oxygen atoms in total. The van der Waals surface area contributed by atoms with E-state index in [1.807, 2.05) is 0 Å². The van der Waals surface area contributed by atoms with Crippen molar-refractivity contribution in [3.8, 4) is 0 Å². The van der Waals surface area contributed by atoms with Crippen LogP contribution < -0.4 is 0 Å². The molecule has 0 heterocycles. The van der Waals surface area contributed by atoms with Gasteiger partial charge in [0.1, 0.15) is 0 Å². The van der Waals surface area contributed by atoms with Gasteiger partial charge in [-0.1, -0.05) is 0 Å². The molecule has 0 aliphatic carbocycles. The Morgan fingerprint density at radius 3 is 1.33 bits per heavy atom. The summed E-state index contributed by atoms with van der Waals surface area (Å²) in [5.41, 5.74) is 0. The summed E-state index contributed by atoms with van der Waals surface area (Å²) < 4.78 is 25.3. The largest absolute Gasteiger partial charge is 3.00 e. The topological polar surface area (TPSA) is 63.2 Å². The molecule has 0 atom stereocenters. The number of hydrogen-bond acceptors (Lipinski definition) is 3. The van der Waals surface area contributed by atoms with Crippen LogP contribution in [0, 0.1) is 0 Å². The normalized spacial score (nSPS) is 5.83. The van der Waals surface area contributed by atoms with Gasteiger partial charge in [-0.3, -0.25) is 4.21 Å². The van der Waals surface area contributed by atoms with Gasteiger partial charge in [0, 0.05) is 0 Å².